The number of nitrogens with one attached hydrogen (secondary N) is 3. The Morgan fingerprint density at radius 2 is 1.76 bits per heavy atom. The average Bonchev–Trinajstić information content (AvgIpc) is 3.45. The fraction of sp³-hybridized carbons (Fsp3) is 0.464. The quantitative estimate of drug-likeness (QED) is 0.171. The van der Waals surface area contributed by atoms with Gasteiger partial charge in [-0.15, -0.1) is 10.2 Å². The smallest absolute Gasteiger partial charge is 0.223 e. The first-order valence-corrected chi connectivity index (χ1v) is 13.7. The van der Waals surface area contributed by atoms with Gasteiger partial charge in [0.25, 0.3) is 0 Å². The maximum atomic E-state index is 13.1. The molecule has 0 radical (unpaired) electrons. The number of hydrogen-bond acceptors (Lipinski definition) is 7. The molecule has 0 fully saturated rings. The van der Waals surface area contributed by atoms with Crippen molar-refractivity contribution < 1.29 is 9.59 Å². The number of aromatic amines is 1. The first-order chi connectivity index (χ1) is 17.9. The van der Waals surface area contributed by atoms with E-state index in [1.165, 1.54) is 0 Å². The number of aromatic nitrogens is 4. The molecule has 0 aliphatic carbocycles. The first kappa shape index (κ1) is 28.5. The number of ketones is 1. The van der Waals surface area contributed by atoms with Crippen molar-refractivity contribution in [2.24, 2.45) is 11.8 Å². The second-order valence-electron chi connectivity index (χ2n) is 9.66. The third kappa shape index (κ3) is 8.23. The number of rotatable bonds is 15. The molecular weight excluding hydrogens is 484 g/mol. The highest BCUT2D eigenvalue weighted by atomic mass is 32.1. The molecule has 8 nitrogen and oxygen atoms in total. The van der Waals surface area contributed by atoms with Gasteiger partial charge in [-0.25, -0.2) is 0 Å². The maximum absolute atomic E-state index is 13.1. The summed E-state index contributed by atoms with van der Waals surface area (Å²) < 4.78 is 0. The third-order valence-corrected chi connectivity index (χ3v) is 6.73. The molecule has 37 heavy (non-hydrogen) atoms. The lowest BCUT2D eigenvalue weighted by Gasteiger charge is -2.20. The van der Waals surface area contributed by atoms with Gasteiger partial charge in [-0.3, -0.25) is 9.59 Å². The van der Waals surface area contributed by atoms with E-state index in [1.54, 1.807) is 0 Å². The second kappa shape index (κ2) is 14.6. The summed E-state index contributed by atoms with van der Waals surface area (Å²) in [6.45, 7) is 7.24. The van der Waals surface area contributed by atoms with Crippen molar-refractivity contribution in [1.29, 1.82) is 0 Å². The molecule has 0 aliphatic heterocycles. The van der Waals surface area contributed by atoms with Crippen LogP contribution in [0.3, 0.4) is 0 Å². The number of carbonyl (C=O) groups is 2. The van der Waals surface area contributed by atoms with Gasteiger partial charge < -0.3 is 10.6 Å². The molecule has 0 spiro atoms. The number of Topliss-reactive ketones (excluding diaryl/α,β-unsaturated/α-hetero) is 1. The highest BCUT2D eigenvalue weighted by Crippen LogP contribution is 2.30. The van der Waals surface area contributed by atoms with Crippen LogP contribution in [0.25, 0.3) is 22.5 Å². The topological polar surface area (TPSA) is 113 Å². The van der Waals surface area contributed by atoms with E-state index in [0.29, 0.717) is 37.0 Å². The van der Waals surface area contributed by atoms with Gasteiger partial charge in [0.05, 0.1) is 6.04 Å². The van der Waals surface area contributed by atoms with Crippen molar-refractivity contribution in [2.75, 3.05) is 18.8 Å². The molecule has 0 aliphatic rings. The van der Waals surface area contributed by atoms with E-state index in [9.17, 15) is 9.59 Å². The summed E-state index contributed by atoms with van der Waals surface area (Å²) in [6, 6.07) is 15.5. The van der Waals surface area contributed by atoms with Gasteiger partial charge in [0, 0.05) is 36.7 Å². The van der Waals surface area contributed by atoms with Crippen LogP contribution in [0.4, 0.5) is 0 Å². The van der Waals surface area contributed by atoms with Crippen molar-refractivity contribution in [3.63, 3.8) is 0 Å². The summed E-state index contributed by atoms with van der Waals surface area (Å²) in [5, 5.41) is 20.8. The Hall–Kier alpha value is -3.04. The van der Waals surface area contributed by atoms with Crippen LogP contribution >= 0.6 is 12.6 Å². The van der Waals surface area contributed by atoms with Crippen molar-refractivity contribution in [3.8, 4) is 22.5 Å². The summed E-state index contributed by atoms with van der Waals surface area (Å²) in [6.07, 6.45) is 3.13. The molecule has 2 atom stereocenters. The van der Waals surface area contributed by atoms with Crippen LogP contribution in [0, 0.1) is 11.8 Å². The van der Waals surface area contributed by atoms with Crippen molar-refractivity contribution in [1.82, 2.24) is 31.3 Å². The molecule has 9 heteroatoms. The van der Waals surface area contributed by atoms with Crippen LogP contribution < -0.4 is 10.6 Å². The SMILES string of the molecule is CCCCC(=O)C(NCCNC(=O)C(CS)CC(C)C)c1ccc(-c2ccccc2-c2nn[nH]n2)cc1. The van der Waals surface area contributed by atoms with Gasteiger partial charge in [-0.1, -0.05) is 75.7 Å². The number of hydrogen-bond donors (Lipinski definition) is 4. The molecule has 3 aromatic rings. The summed E-state index contributed by atoms with van der Waals surface area (Å²) in [5.41, 5.74) is 3.77. The van der Waals surface area contributed by atoms with Gasteiger partial charge in [0.15, 0.2) is 5.78 Å². The number of thiol groups is 1. The van der Waals surface area contributed by atoms with Gasteiger partial charge in [0.2, 0.25) is 11.7 Å². The van der Waals surface area contributed by atoms with E-state index < -0.39 is 6.04 Å². The van der Waals surface area contributed by atoms with E-state index in [-0.39, 0.29) is 17.6 Å². The normalized spacial score (nSPS) is 12.9. The highest BCUT2D eigenvalue weighted by molar-refractivity contribution is 7.80. The van der Waals surface area contributed by atoms with Crippen LogP contribution in [0.2, 0.25) is 0 Å². The molecule has 0 saturated heterocycles. The summed E-state index contributed by atoms with van der Waals surface area (Å²) in [5.74, 6) is 1.56. The van der Waals surface area contributed by atoms with E-state index in [4.69, 9.17) is 0 Å². The predicted octanol–water partition coefficient (Wildman–Crippen LogP) is 4.63. The molecule has 1 heterocycles. The number of H-pyrrole nitrogens is 1. The van der Waals surface area contributed by atoms with Crippen LogP contribution in [-0.2, 0) is 9.59 Å². The number of tetrazole rings is 1. The van der Waals surface area contributed by atoms with Crippen LogP contribution in [0.1, 0.15) is 58.1 Å². The lowest BCUT2D eigenvalue weighted by molar-refractivity contribution is -0.124. The number of unbranched alkanes of at least 4 members (excludes halogenated alkanes) is 1. The monoisotopic (exact) mass is 522 g/mol. The fourth-order valence-electron chi connectivity index (χ4n) is 4.35. The van der Waals surface area contributed by atoms with E-state index >= 15 is 0 Å². The highest BCUT2D eigenvalue weighted by Gasteiger charge is 2.21. The minimum absolute atomic E-state index is 0.0176. The van der Waals surface area contributed by atoms with Gasteiger partial charge in [-0.2, -0.15) is 17.8 Å². The molecule has 0 bridgehead atoms. The summed E-state index contributed by atoms with van der Waals surface area (Å²) in [7, 11) is 0. The minimum atomic E-state index is -0.429. The Kier molecular flexibility index (Phi) is 11.3. The number of carbonyl (C=O) groups excluding carboxylic acids is 2. The Bertz CT molecular complexity index is 1120. The van der Waals surface area contributed by atoms with Crippen molar-refractivity contribution >= 4 is 24.3 Å². The largest absolute Gasteiger partial charge is 0.355 e. The van der Waals surface area contributed by atoms with E-state index in [0.717, 1.165) is 41.5 Å². The van der Waals surface area contributed by atoms with Crippen molar-refractivity contribution in [2.45, 2.75) is 52.5 Å². The lowest BCUT2D eigenvalue weighted by atomic mass is 9.94. The molecule has 3 N–H and O–H groups in total. The molecule has 3 rings (SSSR count). The molecule has 2 aromatic carbocycles. The first-order valence-electron chi connectivity index (χ1n) is 13.0. The average molecular weight is 523 g/mol. The summed E-state index contributed by atoms with van der Waals surface area (Å²) in [4.78, 5) is 25.6. The van der Waals surface area contributed by atoms with Gasteiger partial charge in [-0.05, 0) is 40.7 Å². The molecule has 1 aromatic heterocycles. The van der Waals surface area contributed by atoms with Crippen LogP contribution in [0.15, 0.2) is 48.5 Å². The van der Waals surface area contributed by atoms with Gasteiger partial charge >= 0.3 is 0 Å². The molecule has 198 valence electrons. The van der Waals surface area contributed by atoms with Gasteiger partial charge in [0.1, 0.15) is 0 Å². The summed E-state index contributed by atoms with van der Waals surface area (Å²) >= 11 is 4.34. The molecule has 1 amide bonds. The molecular formula is C28H38N6O2S. The molecule has 2 unspecified atom stereocenters. The lowest BCUT2D eigenvalue weighted by Crippen LogP contribution is -2.39. The Balaban J connectivity index is 1.70. The standard InChI is InChI=1S/C28H38N6O2S/c1-4-5-10-25(35)26(29-15-16-30-28(36)22(18-37)17-19(2)3)21-13-11-20(12-14-21)23-8-6-7-9-24(23)27-31-33-34-32-27/h6-9,11-14,19,22,26,29,37H,4-5,10,15-18H2,1-3H3,(H,30,36)(H,31,32,33,34). The Morgan fingerprint density at radius 3 is 2.38 bits per heavy atom. The maximum Gasteiger partial charge on any atom is 0.223 e. The second-order valence-corrected chi connectivity index (χ2v) is 10.0. The fourth-order valence-corrected chi connectivity index (χ4v) is 4.67. The number of amides is 1. The number of nitrogens with zero attached hydrogens (tertiary/aromatic N) is 3. The Morgan fingerprint density at radius 1 is 1.03 bits per heavy atom. The van der Waals surface area contributed by atoms with Crippen LogP contribution in [0.5, 0.6) is 0 Å². The third-order valence-electron chi connectivity index (χ3n) is 6.29. The molecule has 0 saturated carbocycles. The zero-order valence-corrected chi connectivity index (χ0v) is 22.8. The predicted molar refractivity (Wildman–Crippen MR) is 150 cm³/mol. The minimum Gasteiger partial charge on any atom is -0.355 e. The van der Waals surface area contributed by atoms with Crippen LogP contribution in [-0.4, -0.2) is 51.2 Å². The Labute approximate surface area is 224 Å². The number of benzene rings is 2. The van der Waals surface area contributed by atoms with E-state index in [1.807, 2.05) is 48.5 Å². The zero-order chi connectivity index (χ0) is 26.6. The van der Waals surface area contributed by atoms with Crippen molar-refractivity contribution in [3.05, 3.63) is 54.1 Å². The zero-order valence-electron chi connectivity index (χ0n) is 21.9. The van der Waals surface area contributed by atoms with E-state index in [2.05, 4.69) is 64.7 Å².